The number of hydrogen-bond acceptors (Lipinski definition) is 2. The van der Waals surface area contributed by atoms with E-state index in [1.54, 1.807) is 7.05 Å². The smallest absolute Gasteiger partial charge is 0.0394 e. The summed E-state index contributed by atoms with van der Waals surface area (Å²) in [5, 5.41) is 0. The molecule has 1 aromatic rings. The van der Waals surface area contributed by atoms with Crippen molar-refractivity contribution in [3.05, 3.63) is 35.9 Å². The molecule has 2 heteroatoms. The molecule has 1 aromatic carbocycles. The predicted octanol–water partition coefficient (Wildman–Crippen LogP) is 1.68. The van der Waals surface area contributed by atoms with Gasteiger partial charge < -0.3 is 9.80 Å². The van der Waals surface area contributed by atoms with Crippen molar-refractivity contribution in [2.75, 3.05) is 34.2 Å². The van der Waals surface area contributed by atoms with E-state index in [9.17, 15) is 0 Å². The number of nitrogens with zero attached hydrogens (tertiary/aromatic N) is 2. The molecule has 1 rings (SSSR count). The van der Waals surface area contributed by atoms with Gasteiger partial charge in [-0.2, -0.15) is 0 Å². The van der Waals surface area contributed by atoms with E-state index >= 15 is 0 Å². The second kappa shape index (κ2) is 5.78. The normalized spacial score (nSPS) is 15.3. The zero-order chi connectivity index (χ0) is 12.9. The number of rotatable bonds is 5. The molecule has 0 aliphatic carbocycles. The van der Waals surface area contributed by atoms with Crippen molar-refractivity contribution in [1.82, 2.24) is 9.80 Å². The molecule has 0 saturated heterocycles. The molecule has 78 valence electrons. The Labute approximate surface area is 91.4 Å². The molecule has 0 aliphatic heterocycles. The maximum atomic E-state index is 7.24. The summed E-state index contributed by atoms with van der Waals surface area (Å²) in [6, 6.07) is 10.2. The number of likely N-dealkylation sites (N-methyl/N-ethyl adjacent to an activating group) is 2. The summed E-state index contributed by atoms with van der Waals surface area (Å²) in [5.74, 6) is 0. The molecule has 0 spiro atoms. The maximum absolute atomic E-state index is 7.24. The van der Waals surface area contributed by atoms with Gasteiger partial charge in [-0.1, -0.05) is 30.3 Å². The van der Waals surface area contributed by atoms with E-state index < -0.39 is 6.98 Å². The average molecular weight is 195 g/mol. The van der Waals surface area contributed by atoms with Gasteiger partial charge in [0, 0.05) is 23.7 Å². The van der Waals surface area contributed by atoms with E-state index in [0.29, 0.717) is 6.54 Å². The predicted molar refractivity (Wildman–Crippen MR) is 61.3 cm³/mol. The molecule has 0 atom stereocenters. The van der Waals surface area contributed by atoms with Crippen molar-refractivity contribution in [1.29, 1.82) is 0 Å². The van der Waals surface area contributed by atoms with Crippen LogP contribution in [-0.4, -0.2) is 44.0 Å². The molecule has 14 heavy (non-hydrogen) atoms. The van der Waals surface area contributed by atoms with Gasteiger partial charge in [0.1, 0.15) is 0 Å². The van der Waals surface area contributed by atoms with Crippen molar-refractivity contribution in [2.45, 2.75) is 6.54 Å². The Morgan fingerprint density at radius 3 is 2.50 bits per heavy atom. The molecule has 0 aliphatic rings. The molecule has 0 bridgehead atoms. The monoisotopic (exact) mass is 195 g/mol. The van der Waals surface area contributed by atoms with E-state index in [2.05, 4.69) is 17.0 Å². The van der Waals surface area contributed by atoms with E-state index in [1.165, 1.54) is 10.5 Å². The SMILES string of the molecule is [2H]C([2H])([2H])N(C)CCN(C)Cc1ccccc1. The molecular weight excluding hydrogens is 172 g/mol. The van der Waals surface area contributed by atoms with Crippen LogP contribution in [0.4, 0.5) is 0 Å². The van der Waals surface area contributed by atoms with Crippen LogP contribution in [0.15, 0.2) is 30.3 Å². The van der Waals surface area contributed by atoms with E-state index in [0.717, 1.165) is 13.1 Å². The van der Waals surface area contributed by atoms with Crippen LogP contribution in [0, 0.1) is 0 Å². The lowest BCUT2D eigenvalue weighted by Gasteiger charge is -2.19. The Morgan fingerprint density at radius 2 is 1.86 bits per heavy atom. The molecule has 0 amide bonds. The minimum atomic E-state index is -1.99. The lowest BCUT2D eigenvalue weighted by Crippen LogP contribution is -2.28. The number of benzene rings is 1. The summed E-state index contributed by atoms with van der Waals surface area (Å²) in [5.41, 5.74) is 1.24. The van der Waals surface area contributed by atoms with Crippen molar-refractivity contribution in [3.63, 3.8) is 0 Å². The first-order valence-electron chi connectivity index (χ1n) is 6.33. The van der Waals surface area contributed by atoms with Gasteiger partial charge in [-0.15, -0.1) is 0 Å². The topological polar surface area (TPSA) is 6.48 Å². The molecule has 0 unspecified atom stereocenters. The van der Waals surface area contributed by atoms with Crippen molar-refractivity contribution >= 4 is 0 Å². The van der Waals surface area contributed by atoms with Crippen LogP contribution in [-0.2, 0) is 6.54 Å². The van der Waals surface area contributed by atoms with Crippen LogP contribution in [0.2, 0.25) is 0 Å². The van der Waals surface area contributed by atoms with Gasteiger partial charge in [-0.25, -0.2) is 0 Å². The van der Waals surface area contributed by atoms with E-state index in [-0.39, 0.29) is 0 Å². The molecule has 2 nitrogen and oxygen atoms in total. The summed E-state index contributed by atoms with van der Waals surface area (Å²) in [6.45, 7) is 0.132. The first-order chi connectivity index (χ1) is 7.89. The standard InChI is InChI=1S/C12H20N2/c1-13(2)9-10-14(3)11-12-7-5-4-6-8-12/h4-8H,9-11H2,1-3H3/i1D3. The second-order valence-corrected chi connectivity index (χ2v) is 3.64. The molecule has 0 N–H and O–H groups in total. The van der Waals surface area contributed by atoms with Crippen molar-refractivity contribution in [2.24, 2.45) is 0 Å². The zero-order valence-electron chi connectivity index (χ0n) is 11.9. The Hall–Kier alpha value is -0.860. The maximum Gasteiger partial charge on any atom is 0.0394 e. The number of hydrogen-bond donors (Lipinski definition) is 0. The molecule has 0 radical (unpaired) electrons. The summed E-state index contributed by atoms with van der Waals surface area (Å²) in [7, 11) is 3.63. The fourth-order valence-corrected chi connectivity index (χ4v) is 1.29. The van der Waals surface area contributed by atoms with Gasteiger partial charge in [0.2, 0.25) is 0 Å². The van der Waals surface area contributed by atoms with Gasteiger partial charge in [0.25, 0.3) is 0 Å². The van der Waals surface area contributed by atoms with Gasteiger partial charge in [0.15, 0.2) is 0 Å². The zero-order valence-corrected chi connectivity index (χ0v) is 8.90. The molecular formula is C12H20N2. The first-order valence-corrected chi connectivity index (χ1v) is 4.83. The third-order valence-corrected chi connectivity index (χ3v) is 2.11. The van der Waals surface area contributed by atoms with Gasteiger partial charge in [0.05, 0.1) is 0 Å². The summed E-state index contributed by atoms with van der Waals surface area (Å²) >= 11 is 0. The minimum Gasteiger partial charge on any atom is -0.308 e. The largest absolute Gasteiger partial charge is 0.308 e. The van der Waals surface area contributed by atoms with Crippen LogP contribution in [0.25, 0.3) is 0 Å². The third kappa shape index (κ3) is 4.40. The van der Waals surface area contributed by atoms with Crippen LogP contribution in [0.1, 0.15) is 9.68 Å². The molecule has 0 heterocycles. The fourth-order valence-electron chi connectivity index (χ4n) is 1.29. The second-order valence-electron chi connectivity index (χ2n) is 3.64. The van der Waals surface area contributed by atoms with Gasteiger partial charge in [-0.3, -0.25) is 0 Å². The third-order valence-electron chi connectivity index (χ3n) is 2.11. The fraction of sp³-hybridized carbons (Fsp3) is 0.500. The van der Waals surface area contributed by atoms with Crippen LogP contribution < -0.4 is 0 Å². The highest BCUT2D eigenvalue weighted by molar-refractivity contribution is 5.14. The van der Waals surface area contributed by atoms with Crippen LogP contribution in [0.3, 0.4) is 0 Å². The highest BCUT2D eigenvalue weighted by Crippen LogP contribution is 2.01. The summed E-state index contributed by atoms with van der Waals surface area (Å²) in [4.78, 5) is 3.52. The van der Waals surface area contributed by atoms with Crippen LogP contribution >= 0.6 is 0 Å². The van der Waals surface area contributed by atoms with Crippen LogP contribution in [0.5, 0.6) is 0 Å². The lowest BCUT2D eigenvalue weighted by molar-refractivity contribution is 0.276. The lowest BCUT2D eigenvalue weighted by atomic mass is 10.2. The van der Waals surface area contributed by atoms with Crippen molar-refractivity contribution < 1.29 is 4.11 Å². The molecule has 0 saturated carbocycles. The Morgan fingerprint density at radius 1 is 1.14 bits per heavy atom. The van der Waals surface area contributed by atoms with Gasteiger partial charge >= 0.3 is 0 Å². The molecule has 0 fully saturated rings. The molecule has 0 aromatic heterocycles. The summed E-state index contributed by atoms with van der Waals surface area (Å²) in [6.07, 6.45) is 0. The Bertz CT molecular complexity index is 324. The first kappa shape index (κ1) is 7.43. The summed E-state index contributed by atoms with van der Waals surface area (Å²) < 4.78 is 21.7. The van der Waals surface area contributed by atoms with E-state index in [4.69, 9.17) is 4.11 Å². The average Bonchev–Trinajstić information content (AvgIpc) is 2.26. The minimum absolute atomic E-state index is 0.542. The highest BCUT2D eigenvalue weighted by Gasteiger charge is 1.99. The Balaban J connectivity index is 2.33. The van der Waals surface area contributed by atoms with E-state index in [1.807, 2.05) is 25.2 Å². The van der Waals surface area contributed by atoms with Gasteiger partial charge in [-0.05, 0) is 26.6 Å². The highest BCUT2D eigenvalue weighted by atomic mass is 15.1. The Kier molecular flexibility index (Phi) is 3.07. The quantitative estimate of drug-likeness (QED) is 0.705. The van der Waals surface area contributed by atoms with Crippen molar-refractivity contribution in [3.8, 4) is 0 Å².